The van der Waals surface area contributed by atoms with Crippen molar-refractivity contribution in [2.45, 2.75) is 52.0 Å². The van der Waals surface area contributed by atoms with E-state index >= 15 is 0 Å². The summed E-state index contributed by atoms with van der Waals surface area (Å²) in [5.74, 6) is -1.08. The highest BCUT2D eigenvalue weighted by atomic mass is 16.2. The predicted octanol–water partition coefficient (Wildman–Crippen LogP) is 2.45. The van der Waals surface area contributed by atoms with Crippen molar-refractivity contribution in [2.75, 3.05) is 11.9 Å². The van der Waals surface area contributed by atoms with E-state index in [2.05, 4.69) is 16.0 Å². The van der Waals surface area contributed by atoms with Crippen molar-refractivity contribution in [1.82, 2.24) is 15.5 Å². The number of hydrogen-bond donors (Lipinski definition) is 3. The Kier molecular flexibility index (Phi) is 5.40. The van der Waals surface area contributed by atoms with Crippen LogP contribution in [0.5, 0.6) is 0 Å². The number of carbonyl (C=O) groups excluding carboxylic acids is 4. The van der Waals surface area contributed by atoms with Crippen LogP contribution in [-0.2, 0) is 9.59 Å². The second kappa shape index (κ2) is 7.61. The molecule has 0 bridgehead atoms. The van der Waals surface area contributed by atoms with Crippen molar-refractivity contribution >= 4 is 29.6 Å². The number of carbonyl (C=O) groups is 4. The summed E-state index contributed by atoms with van der Waals surface area (Å²) in [5, 5.41) is 7.53. The number of hydrogen-bond acceptors (Lipinski definition) is 4. The molecule has 0 unspecified atom stereocenters. The molecule has 1 saturated heterocycles. The summed E-state index contributed by atoms with van der Waals surface area (Å²) in [5.41, 5.74) is 1.73. The van der Waals surface area contributed by atoms with Gasteiger partial charge in [-0.1, -0.05) is 25.8 Å². The highest BCUT2D eigenvalue weighted by molar-refractivity contribution is 6.10. The van der Waals surface area contributed by atoms with Gasteiger partial charge in [0.25, 0.3) is 5.91 Å². The van der Waals surface area contributed by atoms with Crippen LogP contribution < -0.4 is 16.0 Å². The van der Waals surface area contributed by atoms with E-state index < -0.39 is 30.1 Å². The molecule has 28 heavy (non-hydrogen) atoms. The van der Waals surface area contributed by atoms with E-state index in [4.69, 9.17) is 0 Å². The molecule has 0 radical (unpaired) electrons. The summed E-state index contributed by atoms with van der Waals surface area (Å²) in [6, 6.07) is 4.11. The topological polar surface area (TPSA) is 108 Å². The molecular formula is C20H26N4O4. The molecule has 2 atom stereocenters. The Hall–Kier alpha value is -2.90. The largest absolute Gasteiger partial charge is 0.325 e. The third-order valence-electron chi connectivity index (χ3n) is 5.82. The summed E-state index contributed by atoms with van der Waals surface area (Å²) in [6.45, 7) is 5.33. The van der Waals surface area contributed by atoms with E-state index in [-0.39, 0.29) is 11.8 Å². The van der Waals surface area contributed by atoms with Crippen LogP contribution in [0.2, 0.25) is 0 Å². The number of anilines is 1. The van der Waals surface area contributed by atoms with Gasteiger partial charge in [-0.05, 0) is 55.9 Å². The number of aryl methyl sites for hydroxylation is 2. The average Bonchev–Trinajstić information content (AvgIpc) is 2.86. The summed E-state index contributed by atoms with van der Waals surface area (Å²) >= 11 is 0. The quantitative estimate of drug-likeness (QED) is 0.694. The molecule has 1 aliphatic heterocycles. The number of urea groups is 2. The molecule has 6 amide bonds. The Morgan fingerprint density at radius 2 is 1.96 bits per heavy atom. The van der Waals surface area contributed by atoms with Gasteiger partial charge in [0.05, 0.1) is 0 Å². The van der Waals surface area contributed by atoms with Gasteiger partial charge in [-0.3, -0.25) is 19.8 Å². The van der Waals surface area contributed by atoms with Gasteiger partial charge in [-0.25, -0.2) is 9.59 Å². The predicted molar refractivity (Wildman–Crippen MR) is 104 cm³/mol. The molecule has 1 spiro atoms. The summed E-state index contributed by atoms with van der Waals surface area (Å²) in [7, 11) is 0. The van der Waals surface area contributed by atoms with Crippen molar-refractivity contribution in [3.8, 4) is 0 Å². The van der Waals surface area contributed by atoms with Gasteiger partial charge in [-0.2, -0.15) is 0 Å². The van der Waals surface area contributed by atoms with Crippen LogP contribution in [0.15, 0.2) is 18.2 Å². The van der Waals surface area contributed by atoms with Gasteiger partial charge in [0.15, 0.2) is 0 Å². The molecule has 2 fully saturated rings. The molecule has 3 N–H and O–H groups in total. The maximum absolute atomic E-state index is 12.8. The fourth-order valence-electron chi connectivity index (χ4n) is 3.93. The Morgan fingerprint density at radius 3 is 2.64 bits per heavy atom. The van der Waals surface area contributed by atoms with E-state index in [9.17, 15) is 19.2 Å². The first-order valence-electron chi connectivity index (χ1n) is 9.55. The maximum Gasteiger partial charge on any atom is 0.325 e. The van der Waals surface area contributed by atoms with Crippen molar-refractivity contribution in [2.24, 2.45) is 5.92 Å². The first kappa shape index (κ1) is 19.9. The maximum atomic E-state index is 12.8. The Morgan fingerprint density at radius 1 is 1.21 bits per heavy atom. The normalized spacial score (nSPS) is 24.2. The number of rotatable bonds is 3. The molecule has 1 aliphatic carbocycles. The minimum absolute atomic E-state index is 0.0128. The zero-order chi connectivity index (χ0) is 20.5. The summed E-state index contributed by atoms with van der Waals surface area (Å²) in [6.07, 6.45) is 3.30. The van der Waals surface area contributed by atoms with Crippen molar-refractivity contribution < 1.29 is 19.2 Å². The number of nitrogens with one attached hydrogen (secondary N) is 3. The highest BCUT2D eigenvalue weighted by Crippen LogP contribution is 2.38. The second-order valence-electron chi connectivity index (χ2n) is 7.74. The minimum atomic E-state index is -0.919. The summed E-state index contributed by atoms with van der Waals surface area (Å²) < 4.78 is 0. The van der Waals surface area contributed by atoms with Gasteiger partial charge >= 0.3 is 12.1 Å². The fourth-order valence-corrected chi connectivity index (χ4v) is 3.93. The molecule has 2 aliphatic rings. The van der Waals surface area contributed by atoms with Crippen LogP contribution in [0, 0.1) is 19.8 Å². The van der Waals surface area contributed by atoms with Crippen LogP contribution in [-0.4, -0.2) is 40.9 Å². The lowest BCUT2D eigenvalue weighted by atomic mass is 9.73. The van der Waals surface area contributed by atoms with Crippen LogP contribution in [0.1, 0.15) is 43.7 Å². The Labute approximate surface area is 164 Å². The van der Waals surface area contributed by atoms with E-state index in [0.717, 1.165) is 35.3 Å². The lowest BCUT2D eigenvalue weighted by Gasteiger charge is -2.36. The average molecular weight is 386 g/mol. The van der Waals surface area contributed by atoms with E-state index in [1.807, 2.05) is 26.8 Å². The highest BCUT2D eigenvalue weighted by Gasteiger charge is 2.55. The molecule has 1 heterocycles. The van der Waals surface area contributed by atoms with Crippen LogP contribution >= 0.6 is 0 Å². The summed E-state index contributed by atoms with van der Waals surface area (Å²) in [4.78, 5) is 50.3. The number of nitrogens with zero attached hydrogens (tertiary/aromatic N) is 1. The second-order valence-corrected chi connectivity index (χ2v) is 7.74. The minimum Gasteiger partial charge on any atom is -0.323 e. The number of amides is 6. The smallest absolute Gasteiger partial charge is 0.323 e. The first-order valence-corrected chi connectivity index (χ1v) is 9.55. The molecule has 0 aromatic heterocycles. The number of imide groups is 2. The van der Waals surface area contributed by atoms with E-state index in [0.29, 0.717) is 12.1 Å². The third kappa shape index (κ3) is 3.72. The molecule has 1 saturated carbocycles. The lowest BCUT2D eigenvalue weighted by molar-refractivity contribution is -0.137. The van der Waals surface area contributed by atoms with Crippen LogP contribution in [0.3, 0.4) is 0 Å². The van der Waals surface area contributed by atoms with Crippen molar-refractivity contribution in [3.63, 3.8) is 0 Å². The van der Waals surface area contributed by atoms with E-state index in [1.54, 1.807) is 12.1 Å². The monoisotopic (exact) mass is 386 g/mol. The zero-order valence-electron chi connectivity index (χ0n) is 16.4. The first-order chi connectivity index (χ1) is 13.2. The van der Waals surface area contributed by atoms with Crippen LogP contribution in [0.25, 0.3) is 0 Å². The van der Waals surface area contributed by atoms with E-state index in [1.165, 1.54) is 0 Å². The van der Waals surface area contributed by atoms with Crippen molar-refractivity contribution in [3.05, 3.63) is 29.3 Å². The molecule has 8 heteroatoms. The molecule has 8 nitrogen and oxygen atoms in total. The van der Waals surface area contributed by atoms with Gasteiger partial charge < -0.3 is 10.6 Å². The SMILES string of the molecule is Cc1ccc(NC(=O)NC(=O)CN2C(=O)N[C@]3(CCCC[C@H]3C)C2=O)cc1C. The standard InChI is InChI=1S/C20H26N4O4/c1-12-7-8-15(10-13(12)2)21-18(27)22-16(25)11-24-17(26)20(23-19(24)28)9-5-4-6-14(20)3/h7-8,10,14H,4-6,9,11H2,1-3H3,(H,23,28)(H2,21,22,25,27)/t14-,20+/m1/s1. The molecule has 150 valence electrons. The van der Waals surface area contributed by atoms with Gasteiger partial charge in [0.2, 0.25) is 5.91 Å². The zero-order valence-corrected chi connectivity index (χ0v) is 16.4. The van der Waals surface area contributed by atoms with Gasteiger partial charge in [0.1, 0.15) is 12.1 Å². The van der Waals surface area contributed by atoms with Gasteiger partial charge in [-0.15, -0.1) is 0 Å². The molecule has 3 rings (SSSR count). The third-order valence-corrected chi connectivity index (χ3v) is 5.82. The number of benzene rings is 1. The molecule has 1 aromatic rings. The van der Waals surface area contributed by atoms with Crippen molar-refractivity contribution in [1.29, 1.82) is 0 Å². The Balaban J connectivity index is 1.59. The lowest BCUT2D eigenvalue weighted by Crippen LogP contribution is -2.54. The molecule has 1 aromatic carbocycles. The van der Waals surface area contributed by atoms with Crippen LogP contribution in [0.4, 0.5) is 15.3 Å². The van der Waals surface area contributed by atoms with Gasteiger partial charge in [0, 0.05) is 5.69 Å². The Bertz CT molecular complexity index is 837. The molecular weight excluding hydrogens is 360 g/mol. The fraction of sp³-hybridized carbons (Fsp3) is 0.500.